The Labute approximate surface area is 103 Å². The van der Waals surface area contributed by atoms with Crippen LogP contribution in [0.15, 0.2) is 24.3 Å². The molecule has 5 N–H and O–H groups in total. The number of ketones is 1. The van der Waals surface area contributed by atoms with E-state index in [2.05, 4.69) is 10.2 Å². The zero-order chi connectivity index (χ0) is 13.3. The Balaban J connectivity index is 2.52. The maximum atomic E-state index is 11.2. The molecule has 0 radical (unpaired) electrons. The van der Waals surface area contributed by atoms with Crippen molar-refractivity contribution in [1.29, 1.82) is 5.41 Å². The molecule has 0 amide bonds. The molecule has 1 aromatic heterocycles. The van der Waals surface area contributed by atoms with Crippen LogP contribution in [-0.4, -0.2) is 26.4 Å². The number of carbonyl (C=O) groups excluding carboxylic acids is 1. The number of nitrogens with two attached hydrogens (primary N) is 2. The average Bonchev–Trinajstić information content (AvgIpc) is 2.71. The number of hydrogen-bond acceptors (Lipinski definition) is 5. The lowest BCUT2D eigenvalue weighted by atomic mass is 10.1. The molecular weight excluding hydrogens is 232 g/mol. The number of nitrogen functional groups attached to an aromatic ring is 2. The number of Topliss-reactive ketones (excluding diaryl/α,β-unsaturated/α-hetero) is 1. The van der Waals surface area contributed by atoms with Crippen LogP contribution < -0.4 is 11.5 Å². The number of benzene rings is 1. The lowest BCUT2D eigenvalue weighted by Crippen LogP contribution is -2.18. The van der Waals surface area contributed by atoms with Crippen LogP contribution in [0.5, 0.6) is 0 Å². The third kappa shape index (κ3) is 1.93. The Hall–Kier alpha value is -2.70. The summed E-state index contributed by atoms with van der Waals surface area (Å²) in [6.07, 6.45) is 0. The number of amidine groups is 1. The summed E-state index contributed by atoms with van der Waals surface area (Å²) in [4.78, 5) is 11.2. The first kappa shape index (κ1) is 11.8. The number of nitrogens with one attached hydrogen (secondary N) is 1. The van der Waals surface area contributed by atoms with Gasteiger partial charge in [0.15, 0.2) is 11.6 Å². The van der Waals surface area contributed by atoms with Crippen molar-refractivity contribution in [3.8, 4) is 5.69 Å². The van der Waals surface area contributed by atoms with Gasteiger partial charge in [-0.25, -0.2) is 0 Å². The normalized spacial score (nSPS) is 10.3. The summed E-state index contributed by atoms with van der Waals surface area (Å²) in [5.41, 5.74) is 12.3. The molecule has 0 atom stereocenters. The predicted octanol–water partition coefficient (Wildman–Crippen LogP) is 0.336. The van der Waals surface area contributed by atoms with Crippen molar-refractivity contribution in [2.45, 2.75) is 6.92 Å². The first-order valence-corrected chi connectivity index (χ1v) is 5.17. The van der Waals surface area contributed by atoms with Crippen LogP contribution in [0.1, 0.15) is 23.1 Å². The van der Waals surface area contributed by atoms with Crippen molar-refractivity contribution in [2.75, 3.05) is 5.73 Å². The van der Waals surface area contributed by atoms with Crippen LogP contribution in [0.3, 0.4) is 0 Å². The van der Waals surface area contributed by atoms with Crippen molar-refractivity contribution in [1.82, 2.24) is 14.8 Å². The smallest absolute Gasteiger partial charge is 0.227 e. The standard InChI is InChI=1S/C11H12N6O/c1-6(18)7-2-4-8(5-3-7)17-10(9(12)13)15-16-11(17)14/h2-5H,1H3,(H3,12,13)(H2,14,16). The lowest BCUT2D eigenvalue weighted by Gasteiger charge is -2.07. The van der Waals surface area contributed by atoms with Gasteiger partial charge in [-0.3, -0.25) is 14.8 Å². The maximum absolute atomic E-state index is 11.2. The van der Waals surface area contributed by atoms with Gasteiger partial charge in [-0.1, -0.05) is 0 Å². The van der Waals surface area contributed by atoms with Gasteiger partial charge in [-0.15, -0.1) is 10.2 Å². The van der Waals surface area contributed by atoms with E-state index in [0.717, 1.165) is 0 Å². The Bertz CT molecular complexity index is 613. The SMILES string of the molecule is CC(=O)c1ccc(-n2c(N)nnc2C(=N)N)cc1. The zero-order valence-corrected chi connectivity index (χ0v) is 9.71. The molecule has 0 saturated carbocycles. The first-order chi connectivity index (χ1) is 8.50. The molecule has 0 aliphatic rings. The van der Waals surface area contributed by atoms with E-state index in [9.17, 15) is 4.79 Å². The maximum Gasteiger partial charge on any atom is 0.227 e. The van der Waals surface area contributed by atoms with Crippen LogP contribution in [0.4, 0.5) is 5.95 Å². The van der Waals surface area contributed by atoms with Gasteiger partial charge in [-0.2, -0.15) is 0 Å². The summed E-state index contributed by atoms with van der Waals surface area (Å²) < 4.78 is 1.45. The van der Waals surface area contributed by atoms with E-state index >= 15 is 0 Å². The molecule has 0 aliphatic heterocycles. The molecule has 0 bridgehead atoms. The van der Waals surface area contributed by atoms with Gasteiger partial charge in [0.2, 0.25) is 11.8 Å². The van der Waals surface area contributed by atoms with Crippen molar-refractivity contribution >= 4 is 17.6 Å². The third-order valence-electron chi connectivity index (χ3n) is 2.46. The van der Waals surface area contributed by atoms with Gasteiger partial charge in [0.25, 0.3) is 0 Å². The topological polar surface area (TPSA) is 124 Å². The highest BCUT2D eigenvalue weighted by Gasteiger charge is 2.13. The summed E-state index contributed by atoms with van der Waals surface area (Å²) in [6.45, 7) is 1.49. The van der Waals surface area contributed by atoms with Crippen LogP contribution in [0, 0.1) is 5.41 Å². The first-order valence-electron chi connectivity index (χ1n) is 5.17. The van der Waals surface area contributed by atoms with E-state index in [-0.39, 0.29) is 23.4 Å². The molecule has 1 aromatic carbocycles. The fourth-order valence-corrected chi connectivity index (χ4v) is 1.57. The highest BCUT2D eigenvalue weighted by atomic mass is 16.1. The number of carbonyl (C=O) groups is 1. The minimum absolute atomic E-state index is 0.0231. The molecule has 7 heteroatoms. The molecule has 0 aliphatic carbocycles. The van der Waals surface area contributed by atoms with E-state index in [1.54, 1.807) is 24.3 Å². The molecule has 2 rings (SSSR count). The highest BCUT2D eigenvalue weighted by molar-refractivity contribution is 5.94. The van der Waals surface area contributed by atoms with Crippen LogP contribution in [0.25, 0.3) is 5.69 Å². The molecule has 92 valence electrons. The second kappa shape index (κ2) is 4.28. The number of rotatable bonds is 3. The van der Waals surface area contributed by atoms with E-state index in [0.29, 0.717) is 11.3 Å². The van der Waals surface area contributed by atoms with Crippen molar-refractivity contribution < 1.29 is 4.79 Å². The molecule has 7 nitrogen and oxygen atoms in total. The molecular formula is C11H12N6O. The van der Waals surface area contributed by atoms with E-state index in [1.807, 2.05) is 0 Å². The fraction of sp³-hybridized carbons (Fsp3) is 0.0909. The van der Waals surface area contributed by atoms with Crippen molar-refractivity contribution in [3.63, 3.8) is 0 Å². The summed E-state index contributed by atoms with van der Waals surface area (Å²) in [6, 6.07) is 6.73. The van der Waals surface area contributed by atoms with Gasteiger partial charge >= 0.3 is 0 Å². The van der Waals surface area contributed by atoms with Crippen LogP contribution in [-0.2, 0) is 0 Å². The predicted molar refractivity (Wildman–Crippen MR) is 66.8 cm³/mol. The second-order valence-electron chi connectivity index (χ2n) is 3.73. The van der Waals surface area contributed by atoms with Gasteiger partial charge < -0.3 is 11.5 Å². The summed E-state index contributed by atoms with van der Waals surface area (Å²) >= 11 is 0. The number of anilines is 1. The van der Waals surface area contributed by atoms with Gasteiger partial charge in [0.1, 0.15) is 0 Å². The Kier molecular flexibility index (Phi) is 2.80. The average molecular weight is 244 g/mol. The highest BCUT2D eigenvalue weighted by Crippen LogP contribution is 2.15. The molecule has 0 unspecified atom stereocenters. The number of nitrogens with zero attached hydrogens (tertiary/aromatic N) is 3. The Morgan fingerprint density at radius 3 is 2.39 bits per heavy atom. The van der Waals surface area contributed by atoms with Gasteiger partial charge in [0, 0.05) is 5.56 Å². The Morgan fingerprint density at radius 1 is 1.28 bits per heavy atom. The number of aromatic nitrogens is 3. The van der Waals surface area contributed by atoms with Crippen LogP contribution >= 0.6 is 0 Å². The van der Waals surface area contributed by atoms with Crippen molar-refractivity contribution in [3.05, 3.63) is 35.7 Å². The summed E-state index contributed by atoms with van der Waals surface area (Å²) in [7, 11) is 0. The minimum atomic E-state index is -0.227. The van der Waals surface area contributed by atoms with E-state index < -0.39 is 0 Å². The minimum Gasteiger partial charge on any atom is -0.381 e. The summed E-state index contributed by atoms with van der Waals surface area (Å²) in [5.74, 6) is 0.0544. The van der Waals surface area contributed by atoms with Gasteiger partial charge in [0.05, 0.1) is 5.69 Å². The monoisotopic (exact) mass is 244 g/mol. The second-order valence-corrected chi connectivity index (χ2v) is 3.73. The third-order valence-corrected chi connectivity index (χ3v) is 2.46. The summed E-state index contributed by atoms with van der Waals surface area (Å²) in [5, 5.41) is 14.8. The molecule has 0 fully saturated rings. The van der Waals surface area contributed by atoms with E-state index in [1.165, 1.54) is 11.5 Å². The molecule has 1 heterocycles. The molecule has 2 aromatic rings. The van der Waals surface area contributed by atoms with Gasteiger partial charge in [-0.05, 0) is 31.2 Å². The fourth-order valence-electron chi connectivity index (χ4n) is 1.57. The molecule has 18 heavy (non-hydrogen) atoms. The number of hydrogen-bond donors (Lipinski definition) is 3. The molecule has 0 spiro atoms. The van der Waals surface area contributed by atoms with Crippen LogP contribution in [0.2, 0.25) is 0 Å². The zero-order valence-electron chi connectivity index (χ0n) is 9.71. The Morgan fingerprint density at radius 2 is 1.89 bits per heavy atom. The van der Waals surface area contributed by atoms with E-state index in [4.69, 9.17) is 16.9 Å². The molecule has 0 saturated heterocycles. The van der Waals surface area contributed by atoms with Crippen molar-refractivity contribution in [2.24, 2.45) is 5.73 Å². The lowest BCUT2D eigenvalue weighted by molar-refractivity contribution is 0.101. The quantitative estimate of drug-likeness (QED) is 0.408. The largest absolute Gasteiger partial charge is 0.381 e.